The number of aliphatic hydroxyl groups is 1. The van der Waals surface area contributed by atoms with Crippen molar-refractivity contribution in [2.24, 2.45) is 0 Å². The molecule has 5 nitrogen and oxygen atoms in total. The molecule has 0 aromatic heterocycles. The van der Waals surface area contributed by atoms with Crippen LogP contribution in [0.25, 0.3) is 11.1 Å². The maximum atomic E-state index is 13.6. The lowest BCUT2D eigenvalue weighted by atomic mass is 9.74. The third-order valence-electron chi connectivity index (χ3n) is 7.45. The van der Waals surface area contributed by atoms with Gasteiger partial charge in [0, 0.05) is 31.1 Å². The molecular weight excluding hydrogens is 444 g/mol. The van der Waals surface area contributed by atoms with E-state index in [1.165, 1.54) is 5.56 Å². The Bertz CT molecular complexity index is 1230. The van der Waals surface area contributed by atoms with Crippen LogP contribution in [-0.2, 0) is 10.0 Å². The van der Waals surface area contributed by atoms with E-state index < -0.39 is 10.0 Å². The molecule has 3 aromatic rings. The molecule has 3 atom stereocenters. The van der Waals surface area contributed by atoms with Crippen molar-refractivity contribution < 1.29 is 13.5 Å². The minimum atomic E-state index is -3.58. The van der Waals surface area contributed by atoms with Crippen LogP contribution in [0.3, 0.4) is 0 Å². The first-order valence-electron chi connectivity index (χ1n) is 12.1. The van der Waals surface area contributed by atoms with Crippen molar-refractivity contribution in [3.8, 4) is 11.1 Å². The smallest absolute Gasteiger partial charge is 0.243 e. The molecule has 0 bridgehead atoms. The average molecular weight is 477 g/mol. The Hall–Kier alpha value is -2.51. The van der Waals surface area contributed by atoms with Crippen molar-refractivity contribution in [3.63, 3.8) is 0 Å². The fourth-order valence-electron chi connectivity index (χ4n) is 5.64. The molecule has 2 aliphatic rings. The third kappa shape index (κ3) is 4.20. The molecule has 0 spiro atoms. The molecule has 3 aromatic carbocycles. The first kappa shape index (κ1) is 23.2. The Morgan fingerprint density at radius 3 is 2.21 bits per heavy atom. The van der Waals surface area contributed by atoms with Crippen LogP contribution in [0.4, 0.5) is 0 Å². The molecule has 0 saturated carbocycles. The topological polar surface area (TPSA) is 60.9 Å². The van der Waals surface area contributed by atoms with Crippen molar-refractivity contribution in [3.05, 3.63) is 90.0 Å². The minimum Gasteiger partial charge on any atom is -0.395 e. The normalized spacial score (nSPS) is 24.0. The van der Waals surface area contributed by atoms with Gasteiger partial charge in [-0.1, -0.05) is 72.8 Å². The van der Waals surface area contributed by atoms with E-state index in [0.717, 1.165) is 36.1 Å². The van der Waals surface area contributed by atoms with Gasteiger partial charge in [0.05, 0.1) is 11.5 Å². The van der Waals surface area contributed by atoms with Gasteiger partial charge in [-0.05, 0) is 54.6 Å². The van der Waals surface area contributed by atoms with Crippen molar-refractivity contribution in [2.45, 2.75) is 42.7 Å². The average Bonchev–Trinajstić information content (AvgIpc) is 2.84. The molecule has 5 rings (SSSR count). The van der Waals surface area contributed by atoms with Gasteiger partial charge < -0.3 is 5.11 Å². The summed E-state index contributed by atoms with van der Waals surface area (Å²) in [6.07, 6.45) is 1.75. The van der Waals surface area contributed by atoms with Gasteiger partial charge >= 0.3 is 0 Å². The number of rotatable bonds is 5. The predicted octanol–water partition coefficient (Wildman–Crippen LogP) is 4.28. The number of aliphatic hydroxyl groups excluding tert-OH is 1. The van der Waals surface area contributed by atoms with Gasteiger partial charge in [0.15, 0.2) is 0 Å². The summed E-state index contributed by atoms with van der Waals surface area (Å²) < 4.78 is 28.9. The van der Waals surface area contributed by atoms with Crippen LogP contribution >= 0.6 is 0 Å². The lowest BCUT2D eigenvalue weighted by Crippen LogP contribution is -2.67. The number of benzene rings is 3. The van der Waals surface area contributed by atoms with Crippen molar-refractivity contribution in [1.29, 1.82) is 0 Å². The summed E-state index contributed by atoms with van der Waals surface area (Å²) in [4.78, 5) is 2.71. The van der Waals surface area contributed by atoms with Gasteiger partial charge in [0.25, 0.3) is 0 Å². The maximum Gasteiger partial charge on any atom is 0.243 e. The summed E-state index contributed by atoms with van der Waals surface area (Å²) in [7, 11) is -3.58. The Morgan fingerprint density at radius 1 is 0.853 bits per heavy atom. The lowest BCUT2D eigenvalue weighted by Gasteiger charge is -2.57. The Kier molecular flexibility index (Phi) is 6.58. The van der Waals surface area contributed by atoms with E-state index >= 15 is 0 Å². The number of sulfonamides is 1. The van der Waals surface area contributed by atoms with Gasteiger partial charge in [-0.2, -0.15) is 4.31 Å². The molecule has 1 unspecified atom stereocenters. The summed E-state index contributed by atoms with van der Waals surface area (Å²) in [5, 5.41) is 10.2. The molecular formula is C28H32N2O3S. The fourth-order valence-corrected chi connectivity index (χ4v) is 7.36. The predicted molar refractivity (Wildman–Crippen MR) is 135 cm³/mol. The zero-order chi connectivity index (χ0) is 23.7. The number of aryl methyl sites for hydroxylation is 1. The molecule has 1 N–H and O–H groups in total. The summed E-state index contributed by atoms with van der Waals surface area (Å²) in [5.41, 5.74) is 4.26. The van der Waals surface area contributed by atoms with E-state index in [-0.39, 0.29) is 24.6 Å². The molecule has 2 saturated heterocycles. The van der Waals surface area contributed by atoms with E-state index in [0.29, 0.717) is 18.0 Å². The van der Waals surface area contributed by atoms with Crippen molar-refractivity contribution >= 4 is 10.0 Å². The lowest BCUT2D eigenvalue weighted by molar-refractivity contribution is -0.0553. The number of fused-ring (bicyclic) bond motifs is 1. The molecule has 34 heavy (non-hydrogen) atoms. The van der Waals surface area contributed by atoms with Crippen molar-refractivity contribution in [2.75, 3.05) is 26.2 Å². The summed E-state index contributed by atoms with van der Waals surface area (Å²) >= 11 is 0. The standard InChI is InChI=1S/C28H32N2O3S/c1-21-9-5-6-12-27(21)34(32,33)29-17-7-8-18-30-25(19-29)28(26(30)20-31)24-15-13-23(14-16-24)22-10-3-2-4-11-22/h2-6,9-16,25-26,28,31H,7-8,17-20H2,1H3/t25?,26-,28+/m1/s1. The fraction of sp³-hybridized carbons (Fsp3) is 0.357. The monoisotopic (exact) mass is 476 g/mol. The Balaban J connectivity index is 1.44. The summed E-state index contributed by atoms with van der Waals surface area (Å²) in [6, 6.07) is 26.1. The SMILES string of the molecule is Cc1ccccc1S(=O)(=O)N1CCCCN2C(C1)[C@H](c1ccc(-c3ccccc3)cc1)[C@H]2CO. The second kappa shape index (κ2) is 9.62. The van der Waals surface area contributed by atoms with Gasteiger partial charge in [-0.25, -0.2) is 8.42 Å². The zero-order valence-electron chi connectivity index (χ0n) is 19.5. The molecule has 0 amide bonds. The molecule has 0 aliphatic carbocycles. The van der Waals surface area contributed by atoms with Gasteiger partial charge in [-0.3, -0.25) is 4.90 Å². The number of hydrogen-bond donors (Lipinski definition) is 1. The van der Waals surface area contributed by atoms with E-state index in [1.807, 2.05) is 37.3 Å². The number of nitrogens with zero attached hydrogens (tertiary/aromatic N) is 2. The maximum absolute atomic E-state index is 13.6. The molecule has 0 radical (unpaired) electrons. The second-order valence-electron chi connectivity index (χ2n) is 9.40. The first-order valence-corrected chi connectivity index (χ1v) is 13.5. The highest BCUT2D eigenvalue weighted by atomic mass is 32.2. The quantitative estimate of drug-likeness (QED) is 0.597. The van der Waals surface area contributed by atoms with Crippen LogP contribution in [0.1, 0.15) is 29.9 Å². The van der Waals surface area contributed by atoms with Gasteiger partial charge in [0.2, 0.25) is 10.0 Å². The van der Waals surface area contributed by atoms with Crippen molar-refractivity contribution in [1.82, 2.24) is 9.21 Å². The van der Waals surface area contributed by atoms with Crippen LogP contribution in [-0.4, -0.2) is 61.1 Å². The van der Waals surface area contributed by atoms with Crippen LogP contribution in [0.5, 0.6) is 0 Å². The molecule has 2 fully saturated rings. The molecule has 178 valence electrons. The third-order valence-corrected chi connectivity index (χ3v) is 9.47. The minimum absolute atomic E-state index is 0.0219. The van der Waals surface area contributed by atoms with Crippen LogP contribution in [0.2, 0.25) is 0 Å². The van der Waals surface area contributed by atoms with Crippen LogP contribution in [0.15, 0.2) is 83.8 Å². The Labute approximate surface area is 202 Å². The van der Waals surface area contributed by atoms with E-state index in [4.69, 9.17) is 0 Å². The number of hydrogen-bond acceptors (Lipinski definition) is 4. The molecule has 6 heteroatoms. The summed E-state index contributed by atoms with van der Waals surface area (Å²) in [5.74, 6) is 0.0995. The van der Waals surface area contributed by atoms with Gasteiger partial charge in [-0.15, -0.1) is 0 Å². The van der Waals surface area contributed by atoms with E-state index in [1.54, 1.807) is 16.4 Å². The van der Waals surface area contributed by atoms with Gasteiger partial charge in [0.1, 0.15) is 0 Å². The highest BCUT2D eigenvalue weighted by Gasteiger charge is 2.50. The highest BCUT2D eigenvalue weighted by Crippen LogP contribution is 2.43. The largest absolute Gasteiger partial charge is 0.395 e. The second-order valence-corrected chi connectivity index (χ2v) is 11.3. The van der Waals surface area contributed by atoms with Crippen LogP contribution in [0, 0.1) is 6.92 Å². The molecule has 2 heterocycles. The first-order chi connectivity index (χ1) is 16.5. The Morgan fingerprint density at radius 2 is 1.50 bits per heavy atom. The highest BCUT2D eigenvalue weighted by molar-refractivity contribution is 7.89. The van der Waals surface area contributed by atoms with E-state index in [2.05, 4.69) is 41.3 Å². The van der Waals surface area contributed by atoms with Crippen LogP contribution < -0.4 is 0 Å². The van der Waals surface area contributed by atoms with E-state index in [9.17, 15) is 13.5 Å². The summed E-state index contributed by atoms with van der Waals surface area (Å²) in [6.45, 7) is 3.80. The molecule has 2 aliphatic heterocycles. The zero-order valence-corrected chi connectivity index (χ0v) is 20.4.